The molecule has 1 aromatic heterocycles. The summed E-state index contributed by atoms with van der Waals surface area (Å²) in [5, 5.41) is 20.2. The molecule has 0 spiro atoms. The third-order valence-electron chi connectivity index (χ3n) is 3.67. The Bertz CT molecular complexity index is 930. The molecule has 0 aliphatic carbocycles. The Morgan fingerprint density at radius 2 is 1.76 bits per heavy atom. The minimum absolute atomic E-state index is 0.119. The average Bonchev–Trinajstić information content (AvgIpc) is 2.85. The first kappa shape index (κ1) is 13.0. The van der Waals surface area contributed by atoms with Crippen LogP contribution in [0, 0.1) is 22.7 Å². The zero-order chi connectivity index (χ0) is 14.8. The van der Waals surface area contributed by atoms with Crippen LogP contribution in [0.5, 0.6) is 0 Å². The van der Waals surface area contributed by atoms with E-state index in [1.54, 1.807) is 6.08 Å². The van der Waals surface area contributed by atoms with Gasteiger partial charge in [-0.05, 0) is 30.7 Å². The summed E-state index contributed by atoms with van der Waals surface area (Å²) in [7, 11) is 0. The number of allylic oxidation sites excluding steroid dienone is 1. The summed E-state index contributed by atoms with van der Waals surface area (Å²) in [5.41, 5.74) is 3.33. The molecule has 0 bridgehead atoms. The molecule has 0 N–H and O–H groups in total. The average molecular weight is 271 g/mol. The lowest BCUT2D eigenvalue weighted by molar-refractivity contribution is 0.827. The van der Waals surface area contributed by atoms with E-state index in [0.717, 1.165) is 17.6 Å². The standard InChI is InChI=1S/C18H13N3/c1-2-21-17-6-4-3-5-15(17)16-8-7-13(10-18(16)21)9-14(11-19)12-20/h3-10H,2H2,1H3. The van der Waals surface area contributed by atoms with E-state index in [1.807, 2.05) is 36.4 Å². The van der Waals surface area contributed by atoms with Gasteiger partial charge in [-0.15, -0.1) is 0 Å². The molecule has 0 fully saturated rings. The molecule has 3 rings (SSSR count). The summed E-state index contributed by atoms with van der Waals surface area (Å²) < 4.78 is 2.25. The van der Waals surface area contributed by atoms with Crippen molar-refractivity contribution in [2.75, 3.05) is 0 Å². The van der Waals surface area contributed by atoms with E-state index >= 15 is 0 Å². The van der Waals surface area contributed by atoms with Crippen LogP contribution in [0.25, 0.3) is 27.9 Å². The van der Waals surface area contributed by atoms with E-state index < -0.39 is 0 Å². The number of rotatable bonds is 2. The molecular weight excluding hydrogens is 258 g/mol. The number of hydrogen-bond donors (Lipinski definition) is 0. The Labute approximate surface area is 122 Å². The summed E-state index contributed by atoms with van der Waals surface area (Å²) >= 11 is 0. The fourth-order valence-electron chi connectivity index (χ4n) is 2.75. The maximum Gasteiger partial charge on any atom is 0.130 e. The number of aryl methyl sites for hydroxylation is 1. The number of aromatic nitrogens is 1. The maximum atomic E-state index is 8.87. The summed E-state index contributed by atoms with van der Waals surface area (Å²) in [6.45, 7) is 2.99. The zero-order valence-electron chi connectivity index (χ0n) is 11.7. The molecule has 0 atom stereocenters. The van der Waals surface area contributed by atoms with Crippen molar-refractivity contribution >= 4 is 27.9 Å². The molecule has 0 aliphatic rings. The van der Waals surface area contributed by atoms with E-state index in [0.29, 0.717) is 0 Å². The largest absolute Gasteiger partial charge is 0.341 e. The SMILES string of the molecule is CCn1c2ccccc2c2ccc(C=C(C#N)C#N)cc21. The number of nitrogens with zero attached hydrogens (tertiary/aromatic N) is 3. The molecule has 0 aliphatic heterocycles. The minimum Gasteiger partial charge on any atom is -0.341 e. The van der Waals surface area contributed by atoms with Crippen molar-refractivity contribution in [3.8, 4) is 12.1 Å². The second-order valence-corrected chi connectivity index (χ2v) is 4.82. The Hall–Kier alpha value is -3.04. The fourth-order valence-corrected chi connectivity index (χ4v) is 2.75. The van der Waals surface area contributed by atoms with Crippen LogP contribution in [0.15, 0.2) is 48.0 Å². The van der Waals surface area contributed by atoms with Gasteiger partial charge in [-0.2, -0.15) is 10.5 Å². The topological polar surface area (TPSA) is 52.5 Å². The molecule has 3 nitrogen and oxygen atoms in total. The number of fused-ring (bicyclic) bond motifs is 3. The molecule has 100 valence electrons. The molecule has 0 saturated heterocycles. The van der Waals surface area contributed by atoms with Crippen LogP contribution in [-0.4, -0.2) is 4.57 Å². The first-order valence-electron chi connectivity index (χ1n) is 6.81. The van der Waals surface area contributed by atoms with Crippen molar-refractivity contribution in [1.82, 2.24) is 4.57 Å². The van der Waals surface area contributed by atoms with Gasteiger partial charge in [0.1, 0.15) is 17.7 Å². The molecule has 0 saturated carbocycles. The lowest BCUT2D eigenvalue weighted by Crippen LogP contribution is -1.92. The Kier molecular flexibility index (Phi) is 3.18. The molecular formula is C18H13N3. The van der Waals surface area contributed by atoms with Gasteiger partial charge in [0, 0.05) is 28.4 Å². The zero-order valence-corrected chi connectivity index (χ0v) is 11.7. The highest BCUT2D eigenvalue weighted by molar-refractivity contribution is 6.08. The van der Waals surface area contributed by atoms with E-state index in [2.05, 4.69) is 29.7 Å². The smallest absolute Gasteiger partial charge is 0.130 e. The van der Waals surface area contributed by atoms with Gasteiger partial charge in [-0.3, -0.25) is 0 Å². The second kappa shape index (κ2) is 5.15. The lowest BCUT2D eigenvalue weighted by Gasteiger charge is -2.03. The van der Waals surface area contributed by atoms with Crippen molar-refractivity contribution in [2.24, 2.45) is 0 Å². The normalized spacial score (nSPS) is 10.2. The molecule has 0 unspecified atom stereocenters. The van der Waals surface area contributed by atoms with Gasteiger partial charge in [-0.25, -0.2) is 0 Å². The molecule has 1 heterocycles. The van der Waals surface area contributed by atoms with Crippen molar-refractivity contribution in [1.29, 1.82) is 10.5 Å². The maximum absolute atomic E-state index is 8.87. The predicted octanol–water partition coefficient (Wildman–Crippen LogP) is 4.24. The monoisotopic (exact) mass is 271 g/mol. The van der Waals surface area contributed by atoms with Crippen LogP contribution < -0.4 is 0 Å². The van der Waals surface area contributed by atoms with E-state index in [1.165, 1.54) is 16.3 Å². The van der Waals surface area contributed by atoms with E-state index in [-0.39, 0.29) is 5.57 Å². The third-order valence-corrected chi connectivity index (χ3v) is 3.67. The van der Waals surface area contributed by atoms with Crippen LogP contribution in [0.2, 0.25) is 0 Å². The van der Waals surface area contributed by atoms with Gasteiger partial charge >= 0.3 is 0 Å². The van der Waals surface area contributed by atoms with Crippen molar-refractivity contribution in [3.05, 3.63) is 53.6 Å². The summed E-state index contributed by atoms with van der Waals surface area (Å²) in [5.74, 6) is 0. The van der Waals surface area contributed by atoms with Gasteiger partial charge < -0.3 is 4.57 Å². The second-order valence-electron chi connectivity index (χ2n) is 4.82. The predicted molar refractivity (Wildman–Crippen MR) is 84.3 cm³/mol. The summed E-state index contributed by atoms with van der Waals surface area (Å²) in [6, 6.07) is 18.1. The van der Waals surface area contributed by atoms with Crippen LogP contribution in [-0.2, 0) is 6.54 Å². The van der Waals surface area contributed by atoms with Crippen LogP contribution in [0.4, 0.5) is 0 Å². The molecule has 3 aromatic rings. The summed E-state index contributed by atoms with van der Waals surface area (Å²) in [6.07, 6.45) is 1.62. The highest BCUT2D eigenvalue weighted by atomic mass is 15.0. The highest BCUT2D eigenvalue weighted by Gasteiger charge is 2.09. The van der Waals surface area contributed by atoms with E-state index in [9.17, 15) is 0 Å². The van der Waals surface area contributed by atoms with Crippen LogP contribution in [0.3, 0.4) is 0 Å². The third kappa shape index (κ3) is 2.06. The molecule has 21 heavy (non-hydrogen) atoms. The lowest BCUT2D eigenvalue weighted by atomic mass is 10.1. The van der Waals surface area contributed by atoms with Crippen LogP contribution in [0.1, 0.15) is 12.5 Å². The van der Waals surface area contributed by atoms with Gasteiger partial charge in [-0.1, -0.05) is 30.3 Å². The van der Waals surface area contributed by atoms with Crippen LogP contribution >= 0.6 is 0 Å². The van der Waals surface area contributed by atoms with Gasteiger partial charge in [0.25, 0.3) is 0 Å². The van der Waals surface area contributed by atoms with Gasteiger partial charge in [0.05, 0.1) is 0 Å². The Morgan fingerprint density at radius 1 is 1.05 bits per heavy atom. The van der Waals surface area contributed by atoms with Crippen molar-refractivity contribution < 1.29 is 0 Å². The Balaban J connectivity index is 2.32. The van der Waals surface area contributed by atoms with Gasteiger partial charge in [0.15, 0.2) is 0 Å². The minimum atomic E-state index is 0.119. The Morgan fingerprint density at radius 3 is 2.48 bits per heavy atom. The fraction of sp³-hybridized carbons (Fsp3) is 0.111. The number of benzene rings is 2. The van der Waals surface area contributed by atoms with Crippen molar-refractivity contribution in [3.63, 3.8) is 0 Å². The first-order valence-corrected chi connectivity index (χ1v) is 6.81. The summed E-state index contributed by atoms with van der Waals surface area (Å²) in [4.78, 5) is 0. The number of nitriles is 2. The molecule has 2 aromatic carbocycles. The number of hydrogen-bond acceptors (Lipinski definition) is 2. The van der Waals surface area contributed by atoms with E-state index in [4.69, 9.17) is 10.5 Å². The quantitative estimate of drug-likeness (QED) is 0.654. The van der Waals surface area contributed by atoms with Crippen molar-refractivity contribution in [2.45, 2.75) is 13.5 Å². The first-order chi connectivity index (χ1) is 10.3. The van der Waals surface area contributed by atoms with Gasteiger partial charge in [0.2, 0.25) is 0 Å². The molecule has 0 amide bonds. The number of para-hydroxylation sites is 1. The molecule has 3 heteroatoms. The molecule has 0 radical (unpaired) electrons. The highest BCUT2D eigenvalue weighted by Crippen LogP contribution is 2.29.